The van der Waals surface area contributed by atoms with Crippen molar-refractivity contribution in [3.63, 3.8) is 0 Å². The number of amides is 1. The van der Waals surface area contributed by atoms with Crippen LogP contribution < -0.4 is 10.5 Å². The van der Waals surface area contributed by atoms with E-state index in [-0.39, 0.29) is 18.0 Å². The lowest BCUT2D eigenvalue weighted by Crippen LogP contribution is -2.41. The van der Waals surface area contributed by atoms with Gasteiger partial charge in [0.15, 0.2) is 5.82 Å². The lowest BCUT2D eigenvalue weighted by molar-refractivity contribution is 0.0700. The van der Waals surface area contributed by atoms with Crippen LogP contribution in [0.5, 0.6) is 5.75 Å². The van der Waals surface area contributed by atoms with Crippen LogP contribution in [0.3, 0.4) is 0 Å². The summed E-state index contributed by atoms with van der Waals surface area (Å²) in [4.78, 5) is 20.8. The van der Waals surface area contributed by atoms with Gasteiger partial charge in [0, 0.05) is 48.7 Å². The number of methoxy groups -OCH3 is 1. The number of nitrogens with zero attached hydrogens (tertiary/aromatic N) is 4. The van der Waals surface area contributed by atoms with Crippen LogP contribution in [0.1, 0.15) is 36.0 Å². The van der Waals surface area contributed by atoms with E-state index in [1.165, 1.54) is 12.8 Å². The van der Waals surface area contributed by atoms with Crippen LogP contribution in [0.2, 0.25) is 0 Å². The number of piperidine rings is 1. The summed E-state index contributed by atoms with van der Waals surface area (Å²) in [7, 11) is 3.68. The van der Waals surface area contributed by atoms with Crippen molar-refractivity contribution in [2.75, 3.05) is 13.7 Å². The lowest BCUT2D eigenvalue weighted by Gasteiger charge is -2.27. The second kappa shape index (κ2) is 8.73. The van der Waals surface area contributed by atoms with E-state index >= 15 is 0 Å². The Balaban J connectivity index is 1.28. The normalized spacial score (nSPS) is 22.2. The molecule has 2 unspecified atom stereocenters. The van der Waals surface area contributed by atoms with Crippen molar-refractivity contribution in [1.82, 2.24) is 19.0 Å². The molecule has 1 saturated heterocycles. The van der Waals surface area contributed by atoms with Gasteiger partial charge in [0.2, 0.25) is 0 Å². The maximum absolute atomic E-state index is 13.7. The summed E-state index contributed by atoms with van der Waals surface area (Å²) in [5.74, 6) is 3.44. The molecule has 0 spiro atoms. The fourth-order valence-corrected chi connectivity index (χ4v) is 7.16. The van der Waals surface area contributed by atoms with Crippen LogP contribution in [0.4, 0.5) is 0 Å². The zero-order valence-electron chi connectivity index (χ0n) is 22.8. The molecule has 1 aliphatic heterocycles. The van der Waals surface area contributed by atoms with Crippen LogP contribution in [0.15, 0.2) is 59.2 Å². The number of para-hydroxylation sites is 1. The number of aromatic nitrogens is 3. The van der Waals surface area contributed by atoms with Gasteiger partial charge in [0.05, 0.1) is 30.1 Å². The number of furan rings is 1. The molecule has 1 amide bonds. The van der Waals surface area contributed by atoms with Crippen molar-refractivity contribution in [3.05, 3.63) is 60.4 Å². The standard InChI is InChI=1S/C32H33N5O3/c1-35-30-23(13-21(15-27(30)39-2)32(38)37-17-20-10-11-24(37)28(20)33)34-31(35)25-14-19-5-3-6-22(26-7-4-12-40-26)29(19)36(25)16-18-8-9-18/h3-7,12-15,18,20,24,28H,8-11,16-17,33H2,1-2H3/t20?,24?,28-/m1/s1. The van der Waals surface area contributed by atoms with E-state index in [0.717, 1.165) is 70.7 Å². The Morgan fingerprint density at radius 1 is 1.10 bits per heavy atom. The molecule has 2 saturated carbocycles. The number of benzene rings is 2. The van der Waals surface area contributed by atoms with Crippen LogP contribution in [-0.2, 0) is 13.6 Å². The molecule has 3 fully saturated rings. The molecule has 3 atom stereocenters. The number of likely N-dealkylation sites (tertiary alicyclic amines) is 1. The van der Waals surface area contributed by atoms with E-state index in [0.29, 0.717) is 23.1 Å². The van der Waals surface area contributed by atoms with Crippen molar-refractivity contribution in [3.8, 4) is 28.6 Å². The monoisotopic (exact) mass is 535 g/mol. The van der Waals surface area contributed by atoms with Crippen LogP contribution in [-0.4, -0.2) is 50.7 Å². The number of ether oxygens (including phenoxy) is 1. The van der Waals surface area contributed by atoms with Crippen LogP contribution in [0.25, 0.3) is 44.8 Å². The molecule has 2 aromatic carbocycles. The summed E-state index contributed by atoms with van der Waals surface area (Å²) in [5, 5.41) is 1.15. The Hall–Kier alpha value is -4.04. The van der Waals surface area contributed by atoms with E-state index in [1.54, 1.807) is 13.4 Å². The molecule has 204 valence electrons. The van der Waals surface area contributed by atoms with Gasteiger partial charge < -0.3 is 28.9 Å². The predicted molar refractivity (Wildman–Crippen MR) is 154 cm³/mol. The quantitative estimate of drug-likeness (QED) is 0.313. The topological polar surface area (TPSA) is 91.5 Å². The van der Waals surface area contributed by atoms with E-state index < -0.39 is 0 Å². The second-order valence-electron chi connectivity index (χ2n) is 11.8. The summed E-state index contributed by atoms with van der Waals surface area (Å²) >= 11 is 0. The number of hydrogen-bond acceptors (Lipinski definition) is 5. The van der Waals surface area contributed by atoms with Crippen molar-refractivity contribution >= 4 is 27.8 Å². The third-order valence-electron chi connectivity index (χ3n) is 9.39. The van der Waals surface area contributed by atoms with Crippen molar-refractivity contribution in [2.24, 2.45) is 24.6 Å². The Morgan fingerprint density at radius 2 is 1.98 bits per heavy atom. The number of rotatable bonds is 6. The number of hydrogen-bond donors (Lipinski definition) is 1. The number of carbonyl (C=O) groups excluding carboxylic acids is 1. The summed E-state index contributed by atoms with van der Waals surface area (Å²) in [6.07, 6.45) is 6.30. The maximum atomic E-state index is 13.7. The van der Waals surface area contributed by atoms with E-state index in [4.69, 9.17) is 19.9 Å². The molecule has 2 aliphatic carbocycles. The molecule has 3 aliphatic rings. The zero-order valence-corrected chi connectivity index (χ0v) is 22.8. The first-order valence-corrected chi connectivity index (χ1v) is 14.3. The number of imidazole rings is 1. The number of aryl methyl sites for hydroxylation is 1. The second-order valence-corrected chi connectivity index (χ2v) is 11.8. The summed E-state index contributed by atoms with van der Waals surface area (Å²) in [6.45, 7) is 1.66. The molecule has 8 heteroatoms. The molecular formula is C32H33N5O3. The first kappa shape index (κ1) is 23.8. The molecule has 2 bridgehead atoms. The average molecular weight is 536 g/mol. The van der Waals surface area contributed by atoms with Crippen molar-refractivity contribution in [2.45, 2.75) is 44.3 Å². The van der Waals surface area contributed by atoms with Gasteiger partial charge in [0.1, 0.15) is 17.0 Å². The zero-order chi connectivity index (χ0) is 27.1. The fourth-order valence-electron chi connectivity index (χ4n) is 7.16. The summed E-state index contributed by atoms with van der Waals surface area (Å²) in [6, 6.07) is 16.5. The van der Waals surface area contributed by atoms with E-state index in [2.05, 4.69) is 33.4 Å². The molecule has 8 rings (SSSR count). The van der Waals surface area contributed by atoms with Crippen molar-refractivity contribution in [1.29, 1.82) is 0 Å². The highest BCUT2D eigenvalue weighted by Crippen LogP contribution is 2.41. The molecule has 0 radical (unpaired) electrons. The smallest absolute Gasteiger partial charge is 0.254 e. The van der Waals surface area contributed by atoms with Gasteiger partial charge in [-0.25, -0.2) is 4.98 Å². The highest BCUT2D eigenvalue weighted by atomic mass is 16.5. The first-order chi connectivity index (χ1) is 19.5. The third-order valence-corrected chi connectivity index (χ3v) is 9.39. The Labute approximate surface area is 232 Å². The van der Waals surface area contributed by atoms with Gasteiger partial charge in [0.25, 0.3) is 5.91 Å². The largest absolute Gasteiger partial charge is 0.494 e. The molecule has 4 heterocycles. The minimum Gasteiger partial charge on any atom is -0.494 e. The molecule has 2 N–H and O–H groups in total. The molecule has 3 aromatic heterocycles. The van der Waals surface area contributed by atoms with Crippen molar-refractivity contribution < 1.29 is 13.9 Å². The predicted octanol–water partition coefficient (Wildman–Crippen LogP) is 5.44. The Bertz CT molecular complexity index is 1780. The third kappa shape index (κ3) is 3.48. The molecular weight excluding hydrogens is 502 g/mol. The van der Waals surface area contributed by atoms with E-state index in [1.807, 2.05) is 36.2 Å². The summed E-state index contributed by atoms with van der Waals surface area (Å²) in [5.41, 5.74) is 11.9. The number of fused-ring (bicyclic) bond motifs is 4. The minimum absolute atomic E-state index is 0.0148. The van der Waals surface area contributed by atoms with Gasteiger partial charge in [-0.2, -0.15) is 0 Å². The van der Waals surface area contributed by atoms with Gasteiger partial charge in [-0.05, 0) is 73.9 Å². The fraction of sp³-hybridized carbons (Fsp3) is 0.375. The Kier molecular flexibility index (Phi) is 5.20. The highest BCUT2D eigenvalue weighted by molar-refractivity contribution is 6.01. The molecule has 5 aromatic rings. The minimum atomic E-state index is 0.0148. The highest BCUT2D eigenvalue weighted by Gasteiger charge is 2.47. The average Bonchev–Trinajstić information content (AvgIpc) is 3.35. The van der Waals surface area contributed by atoms with Gasteiger partial charge in [-0.1, -0.05) is 12.1 Å². The SMILES string of the molecule is COc1cc(C(=O)N2CC3CCC2[C@@H]3N)cc2nc(-c3cc4cccc(-c5ccco5)c4n3CC3CC3)n(C)c12. The lowest BCUT2D eigenvalue weighted by atomic mass is 10.1. The first-order valence-electron chi connectivity index (χ1n) is 14.3. The summed E-state index contributed by atoms with van der Waals surface area (Å²) < 4.78 is 16.2. The van der Waals surface area contributed by atoms with Crippen LogP contribution in [0, 0.1) is 11.8 Å². The number of carbonyl (C=O) groups is 1. The van der Waals surface area contributed by atoms with Crippen LogP contribution >= 0.6 is 0 Å². The Morgan fingerprint density at radius 3 is 2.67 bits per heavy atom. The van der Waals surface area contributed by atoms with E-state index in [9.17, 15) is 4.79 Å². The molecule has 8 nitrogen and oxygen atoms in total. The van der Waals surface area contributed by atoms with Gasteiger partial charge in [-0.3, -0.25) is 4.79 Å². The van der Waals surface area contributed by atoms with Gasteiger partial charge in [-0.15, -0.1) is 0 Å². The maximum Gasteiger partial charge on any atom is 0.254 e. The number of nitrogens with two attached hydrogens (primary N) is 1. The van der Waals surface area contributed by atoms with Gasteiger partial charge >= 0.3 is 0 Å². The molecule has 40 heavy (non-hydrogen) atoms.